The van der Waals surface area contributed by atoms with Crippen LogP contribution in [0.4, 0.5) is 0 Å². The van der Waals surface area contributed by atoms with Crippen LogP contribution >= 0.6 is 0 Å². The summed E-state index contributed by atoms with van der Waals surface area (Å²) in [6, 6.07) is 17.5. The molecule has 4 aliphatic carbocycles. The third-order valence-corrected chi connectivity index (χ3v) is 8.88. The number of aromatic nitrogens is 4. The van der Waals surface area contributed by atoms with Crippen LogP contribution in [0.15, 0.2) is 60.9 Å². The van der Waals surface area contributed by atoms with Gasteiger partial charge in [-0.1, -0.05) is 24.3 Å². The zero-order valence-corrected chi connectivity index (χ0v) is 18.6. The molecule has 5 aromatic rings. The lowest BCUT2D eigenvalue weighted by atomic mass is 9.48. The Balaban J connectivity index is 1.25. The van der Waals surface area contributed by atoms with Crippen molar-refractivity contribution in [3.8, 4) is 11.4 Å². The van der Waals surface area contributed by atoms with Crippen LogP contribution < -0.4 is 0 Å². The molecule has 3 aromatic heterocycles. The van der Waals surface area contributed by atoms with Crippen LogP contribution in [0, 0.1) is 17.8 Å². The van der Waals surface area contributed by atoms with Crippen LogP contribution in [0.5, 0.6) is 0 Å². The summed E-state index contributed by atoms with van der Waals surface area (Å²) >= 11 is 0. The van der Waals surface area contributed by atoms with Crippen molar-refractivity contribution in [2.24, 2.45) is 17.8 Å². The lowest BCUT2D eigenvalue weighted by Crippen LogP contribution is -2.48. The lowest BCUT2D eigenvalue weighted by Gasteiger charge is -2.57. The molecule has 162 valence electrons. The number of nitrogens with zero attached hydrogens (tertiary/aromatic N) is 3. The third kappa shape index (κ3) is 2.55. The second kappa shape index (κ2) is 6.40. The van der Waals surface area contributed by atoms with E-state index in [1.165, 1.54) is 38.5 Å². The highest BCUT2D eigenvalue weighted by atomic mass is 14.9. The minimum atomic E-state index is 0.435. The Morgan fingerprint density at radius 2 is 1.30 bits per heavy atom. The fourth-order valence-corrected chi connectivity index (χ4v) is 7.93. The zero-order chi connectivity index (χ0) is 21.6. The van der Waals surface area contributed by atoms with Gasteiger partial charge in [0.15, 0.2) is 0 Å². The Morgan fingerprint density at radius 1 is 0.697 bits per heavy atom. The molecule has 4 heteroatoms. The molecule has 0 atom stereocenters. The topological polar surface area (TPSA) is 54.5 Å². The largest absolute Gasteiger partial charge is 0.337 e. The summed E-state index contributed by atoms with van der Waals surface area (Å²) in [5.74, 6) is 3.82. The molecular formula is C29H26N4. The van der Waals surface area contributed by atoms with Gasteiger partial charge in [0.2, 0.25) is 0 Å². The number of aromatic amines is 1. The van der Waals surface area contributed by atoms with Crippen LogP contribution in [0.25, 0.3) is 44.2 Å². The van der Waals surface area contributed by atoms with E-state index in [9.17, 15) is 0 Å². The molecule has 0 aliphatic heterocycles. The number of imidazole rings is 1. The van der Waals surface area contributed by atoms with Gasteiger partial charge in [-0.15, -0.1) is 0 Å². The molecule has 4 nitrogen and oxygen atoms in total. The van der Waals surface area contributed by atoms with Crippen LogP contribution in [0.3, 0.4) is 0 Å². The minimum Gasteiger partial charge on any atom is -0.337 e. The van der Waals surface area contributed by atoms with Crippen molar-refractivity contribution in [2.45, 2.75) is 43.9 Å². The van der Waals surface area contributed by atoms with Gasteiger partial charge in [0, 0.05) is 28.7 Å². The number of nitrogens with one attached hydrogen (secondary N) is 1. The van der Waals surface area contributed by atoms with Crippen LogP contribution in [-0.4, -0.2) is 19.9 Å². The molecule has 4 fully saturated rings. The van der Waals surface area contributed by atoms with Gasteiger partial charge in [-0.3, -0.25) is 9.97 Å². The van der Waals surface area contributed by atoms with E-state index >= 15 is 0 Å². The smallest absolute Gasteiger partial charge is 0.138 e. The molecule has 3 heterocycles. The molecule has 0 amide bonds. The fraction of sp³-hybridized carbons (Fsp3) is 0.345. The number of fused-ring (bicyclic) bond motifs is 6. The molecule has 0 saturated heterocycles. The first-order valence-electron chi connectivity index (χ1n) is 12.4. The predicted octanol–water partition coefficient (Wildman–Crippen LogP) is 6.79. The molecule has 2 aromatic carbocycles. The molecule has 33 heavy (non-hydrogen) atoms. The van der Waals surface area contributed by atoms with E-state index in [0.29, 0.717) is 5.41 Å². The third-order valence-electron chi connectivity index (χ3n) is 8.88. The maximum Gasteiger partial charge on any atom is 0.138 e. The highest BCUT2D eigenvalue weighted by Gasteiger charge is 2.51. The van der Waals surface area contributed by atoms with E-state index in [1.54, 1.807) is 5.56 Å². The summed E-state index contributed by atoms with van der Waals surface area (Å²) in [5, 5.41) is 2.12. The number of rotatable bonds is 2. The zero-order valence-electron chi connectivity index (χ0n) is 18.6. The van der Waals surface area contributed by atoms with E-state index in [0.717, 1.165) is 62.0 Å². The highest BCUT2D eigenvalue weighted by molar-refractivity contribution is 6.21. The van der Waals surface area contributed by atoms with E-state index < -0.39 is 0 Å². The van der Waals surface area contributed by atoms with Gasteiger partial charge in [-0.05, 0) is 91.5 Å². The first kappa shape index (κ1) is 18.2. The van der Waals surface area contributed by atoms with Gasteiger partial charge >= 0.3 is 0 Å². The molecule has 1 N–H and O–H groups in total. The average Bonchev–Trinajstić information content (AvgIpc) is 3.30. The van der Waals surface area contributed by atoms with Crippen molar-refractivity contribution in [3.05, 3.63) is 66.5 Å². The van der Waals surface area contributed by atoms with E-state index in [2.05, 4.69) is 51.4 Å². The Labute approximate surface area is 192 Å². The van der Waals surface area contributed by atoms with Gasteiger partial charge in [-0.2, -0.15) is 0 Å². The van der Waals surface area contributed by atoms with Crippen molar-refractivity contribution < 1.29 is 0 Å². The quantitative estimate of drug-likeness (QED) is 0.314. The Kier molecular flexibility index (Phi) is 3.53. The van der Waals surface area contributed by atoms with Gasteiger partial charge in [0.1, 0.15) is 5.82 Å². The van der Waals surface area contributed by atoms with Crippen LogP contribution in [0.1, 0.15) is 44.1 Å². The number of H-pyrrole nitrogens is 1. The molecular weight excluding hydrogens is 404 g/mol. The second-order valence-electron chi connectivity index (χ2n) is 10.9. The second-order valence-corrected chi connectivity index (χ2v) is 10.9. The van der Waals surface area contributed by atoms with Gasteiger partial charge in [0.25, 0.3) is 0 Å². The van der Waals surface area contributed by atoms with Gasteiger partial charge < -0.3 is 4.98 Å². The van der Waals surface area contributed by atoms with Crippen molar-refractivity contribution in [3.63, 3.8) is 0 Å². The molecule has 0 radical (unpaired) electrons. The number of hydrogen-bond donors (Lipinski definition) is 1. The van der Waals surface area contributed by atoms with Crippen molar-refractivity contribution in [2.75, 3.05) is 0 Å². The molecule has 0 unspecified atom stereocenters. The summed E-state index contributed by atoms with van der Waals surface area (Å²) in [6.07, 6.45) is 12.3. The first-order valence-corrected chi connectivity index (χ1v) is 12.4. The lowest BCUT2D eigenvalue weighted by molar-refractivity contribution is -0.00518. The van der Waals surface area contributed by atoms with Crippen molar-refractivity contribution in [1.82, 2.24) is 19.9 Å². The molecule has 0 spiro atoms. The average molecular weight is 431 g/mol. The standard InChI is InChI=1S/C29H26N4/c1-3-22-24(30-9-1)25-23(4-2-10-31-25)27-26(22)32-28(33-27)20-5-7-21(8-6-20)29-14-17-11-18(15-29)13-19(12-17)16-29/h1-10,17-19H,11-16H2,(H,32,33). The SMILES string of the molecule is c1cnc2c(c1)c1nc(-c3ccc(C45CC6CC(CC(C6)C4)C5)cc3)[nH]c1c1cccnc12. The molecule has 4 aliphatic rings. The highest BCUT2D eigenvalue weighted by Crippen LogP contribution is 2.60. The van der Waals surface area contributed by atoms with Gasteiger partial charge in [0.05, 0.1) is 22.1 Å². The first-order chi connectivity index (χ1) is 16.3. The number of hydrogen-bond acceptors (Lipinski definition) is 3. The number of pyridine rings is 2. The van der Waals surface area contributed by atoms with Gasteiger partial charge in [-0.25, -0.2) is 4.98 Å². The van der Waals surface area contributed by atoms with E-state index in [4.69, 9.17) is 4.98 Å². The Morgan fingerprint density at radius 3 is 1.97 bits per heavy atom. The van der Waals surface area contributed by atoms with Crippen molar-refractivity contribution in [1.29, 1.82) is 0 Å². The number of benzene rings is 2. The summed E-state index contributed by atoms with van der Waals surface area (Å²) in [4.78, 5) is 17.9. The van der Waals surface area contributed by atoms with Crippen LogP contribution in [-0.2, 0) is 5.41 Å². The summed E-state index contributed by atoms with van der Waals surface area (Å²) in [6.45, 7) is 0. The maximum atomic E-state index is 5.06. The molecule has 9 rings (SSSR count). The van der Waals surface area contributed by atoms with Crippen molar-refractivity contribution >= 4 is 32.8 Å². The fourth-order valence-electron chi connectivity index (χ4n) is 7.93. The van der Waals surface area contributed by atoms with Crippen LogP contribution in [0.2, 0.25) is 0 Å². The summed E-state index contributed by atoms with van der Waals surface area (Å²) < 4.78 is 0. The monoisotopic (exact) mass is 430 g/mol. The summed E-state index contributed by atoms with van der Waals surface area (Å²) in [7, 11) is 0. The Hall–Kier alpha value is -3.27. The molecule has 4 saturated carbocycles. The predicted molar refractivity (Wildman–Crippen MR) is 132 cm³/mol. The van der Waals surface area contributed by atoms with E-state index in [1.807, 2.05) is 24.5 Å². The Bertz CT molecular complexity index is 1440. The maximum absolute atomic E-state index is 5.06. The molecule has 4 bridgehead atoms. The normalized spacial score (nSPS) is 28.3. The van der Waals surface area contributed by atoms with E-state index in [-0.39, 0.29) is 0 Å². The summed E-state index contributed by atoms with van der Waals surface area (Å²) in [5.41, 5.74) is 6.99. The minimum absolute atomic E-state index is 0.435.